The lowest BCUT2D eigenvalue weighted by molar-refractivity contribution is 0.0955. The van der Waals surface area contributed by atoms with E-state index in [2.05, 4.69) is 22.1 Å². The summed E-state index contributed by atoms with van der Waals surface area (Å²) in [7, 11) is 0. The van der Waals surface area contributed by atoms with Gasteiger partial charge in [-0.15, -0.1) is 6.58 Å². The van der Waals surface area contributed by atoms with E-state index in [1.165, 1.54) is 0 Å². The molecular formula is C24H23N3O3. The van der Waals surface area contributed by atoms with Crippen LogP contribution in [-0.2, 0) is 6.42 Å². The van der Waals surface area contributed by atoms with Crippen molar-refractivity contribution in [1.82, 2.24) is 10.4 Å². The summed E-state index contributed by atoms with van der Waals surface area (Å²) in [6, 6.07) is 18.6. The van der Waals surface area contributed by atoms with Crippen LogP contribution in [0.1, 0.15) is 21.5 Å². The second-order valence-corrected chi connectivity index (χ2v) is 6.27. The van der Waals surface area contributed by atoms with Gasteiger partial charge in [0.05, 0.1) is 6.21 Å². The third-order valence-electron chi connectivity index (χ3n) is 4.17. The van der Waals surface area contributed by atoms with E-state index in [0.29, 0.717) is 24.5 Å². The summed E-state index contributed by atoms with van der Waals surface area (Å²) >= 11 is 0. The summed E-state index contributed by atoms with van der Waals surface area (Å²) in [5.41, 5.74) is 4.82. The molecular weight excluding hydrogens is 378 g/mol. The molecule has 0 saturated heterocycles. The number of benzene rings is 2. The van der Waals surface area contributed by atoms with Gasteiger partial charge in [-0.1, -0.05) is 36.4 Å². The molecule has 0 aliphatic carbocycles. The number of hydrogen-bond donors (Lipinski definition) is 1. The van der Waals surface area contributed by atoms with Gasteiger partial charge in [0.1, 0.15) is 24.7 Å². The molecule has 0 saturated carbocycles. The zero-order valence-electron chi connectivity index (χ0n) is 16.5. The first-order valence-corrected chi connectivity index (χ1v) is 9.55. The Morgan fingerprint density at radius 2 is 1.63 bits per heavy atom. The highest BCUT2D eigenvalue weighted by molar-refractivity contribution is 5.94. The molecule has 1 amide bonds. The summed E-state index contributed by atoms with van der Waals surface area (Å²) in [6.07, 6.45) is 7.26. The largest absolute Gasteiger partial charge is 0.490 e. The molecule has 30 heavy (non-hydrogen) atoms. The molecule has 2 aromatic carbocycles. The van der Waals surface area contributed by atoms with Crippen LogP contribution < -0.4 is 14.9 Å². The molecule has 0 radical (unpaired) electrons. The first-order valence-electron chi connectivity index (χ1n) is 9.55. The zero-order chi connectivity index (χ0) is 21.0. The lowest BCUT2D eigenvalue weighted by Gasteiger charge is -2.12. The van der Waals surface area contributed by atoms with Crippen LogP contribution in [0.25, 0.3) is 0 Å². The Kier molecular flexibility index (Phi) is 7.74. The third kappa shape index (κ3) is 6.04. The number of aromatic nitrogens is 1. The summed E-state index contributed by atoms with van der Waals surface area (Å²) in [4.78, 5) is 15.9. The number of hydrogen-bond acceptors (Lipinski definition) is 5. The van der Waals surface area contributed by atoms with Gasteiger partial charge in [0.15, 0.2) is 0 Å². The quantitative estimate of drug-likeness (QED) is 0.241. The second-order valence-electron chi connectivity index (χ2n) is 6.27. The zero-order valence-corrected chi connectivity index (χ0v) is 16.5. The van der Waals surface area contributed by atoms with Gasteiger partial charge in [-0.05, 0) is 42.3 Å². The molecule has 152 valence electrons. The number of para-hydroxylation sites is 2. The van der Waals surface area contributed by atoms with Crippen LogP contribution in [-0.4, -0.2) is 30.3 Å². The molecule has 3 rings (SSSR count). The second kappa shape index (κ2) is 11.2. The van der Waals surface area contributed by atoms with E-state index in [-0.39, 0.29) is 5.91 Å². The van der Waals surface area contributed by atoms with Crippen molar-refractivity contribution in [2.24, 2.45) is 5.10 Å². The molecule has 0 bridgehead atoms. The van der Waals surface area contributed by atoms with Crippen LogP contribution in [0.2, 0.25) is 0 Å². The number of hydrazone groups is 1. The van der Waals surface area contributed by atoms with Gasteiger partial charge >= 0.3 is 0 Å². The van der Waals surface area contributed by atoms with E-state index in [4.69, 9.17) is 9.47 Å². The Labute approximate surface area is 175 Å². The van der Waals surface area contributed by atoms with Crippen molar-refractivity contribution in [2.45, 2.75) is 6.42 Å². The molecule has 0 unspecified atom stereocenters. The molecule has 6 heteroatoms. The predicted molar refractivity (Wildman–Crippen MR) is 117 cm³/mol. The first kappa shape index (κ1) is 20.8. The molecule has 1 N–H and O–H groups in total. The van der Waals surface area contributed by atoms with Gasteiger partial charge in [0, 0.05) is 23.5 Å². The normalized spacial score (nSPS) is 10.5. The van der Waals surface area contributed by atoms with E-state index in [1.54, 1.807) is 30.7 Å². The van der Waals surface area contributed by atoms with E-state index < -0.39 is 0 Å². The van der Waals surface area contributed by atoms with Crippen LogP contribution in [0.15, 0.2) is 90.8 Å². The van der Waals surface area contributed by atoms with E-state index in [0.717, 1.165) is 23.3 Å². The van der Waals surface area contributed by atoms with Crippen molar-refractivity contribution in [2.75, 3.05) is 13.2 Å². The minimum absolute atomic E-state index is 0.307. The van der Waals surface area contributed by atoms with Crippen molar-refractivity contribution >= 4 is 12.1 Å². The molecule has 0 atom stereocenters. The van der Waals surface area contributed by atoms with Crippen LogP contribution in [0.5, 0.6) is 11.5 Å². The number of carbonyl (C=O) groups excluding carboxylic acids is 1. The molecule has 0 fully saturated rings. The van der Waals surface area contributed by atoms with Gasteiger partial charge in [-0.25, -0.2) is 5.43 Å². The van der Waals surface area contributed by atoms with Crippen molar-refractivity contribution in [3.8, 4) is 11.5 Å². The fraction of sp³-hybridized carbons (Fsp3) is 0.125. The molecule has 0 aliphatic heterocycles. The highest BCUT2D eigenvalue weighted by Crippen LogP contribution is 2.19. The Bertz CT molecular complexity index is 1000. The Morgan fingerprint density at radius 1 is 0.967 bits per heavy atom. The van der Waals surface area contributed by atoms with Crippen molar-refractivity contribution < 1.29 is 14.3 Å². The molecule has 0 aliphatic rings. The summed E-state index contributed by atoms with van der Waals surface area (Å²) in [5, 5.41) is 4.02. The fourth-order valence-electron chi connectivity index (χ4n) is 2.72. The molecule has 6 nitrogen and oxygen atoms in total. The summed E-state index contributed by atoms with van der Waals surface area (Å²) in [6.45, 7) is 4.55. The van der Waals surface area contributed by atoms with Crippen LogP contribution >= 0.6 is 0 Å². The van der Waals surface area contributed by atoms with Gasteiger partial charge in [0.25, 0.3) is 5.91 Å². The molecule has 1 heterocycles. The van der Waals surface area contributed by atoms with Gasteiger partial charge in [-0.3, -0.25) is 9.78 Å². The monoisotopic (exact) mass is 401 g/mol. The third-order valence-corrected chi connectivity index (χ3v) is 4.17. The number of ether oxygens (including phenoxy) is 2. The van der Waals surface area contributed by atoms with Crippen LogP contribution in [0, 0.1) is 0 Å². The number of carbonyl (C=O) groups is 1. The Balaban J connectivity index is 1.53. The topological polar surface area (TPSA) is 72.8 Å². The minimum Gasteiger partial charge on any atom is -0.490 e. The average Bonchev–Trinajstić information content (AvgIpc) is 2.79. The maximum atomic E-state index is 12.0. The standard InChI is InChI=1S/C24H23N3O3/c1-2-7-19-8-3-5-10-22(19)29-16-17-30-23-11-6-4-9-21(23)18-26-27-24(28)20-12-14-25-15-13-20/h2-6,8-15,18H,1,7,16-17H2,(H,27,28). The number of nitrogens with one attached hydrogen (secondary N) is 1. The summed E-state index contributed by atoms with van der Waals surface area (Å²) in [5.74, 6) is 1.18. The van der Waals surface area contributed by atoms with Crippen molar-refractivity contribution in [3.63, 3.8) is 0 Å². The number of allylic oxidation sites excluding steroid dienone is 1. The van der Waals surface area contributed by atoms with E-state index >= 15 is 0 Å². The van der Waals surface area contributed by atoms with Gasteiger partial charge in [0.2, 0.25) is 0 Å². The molecule has 3 aromatic rings. The fourth-order valence-corrected chi connectivity index (χ4v) is 2.72. The molecule has 0 spiro atoms. The Hall–Kier alpha value is -3.93. The van der Waals surface area contributed by atoms with Crippen LogP contribution in [0.4, 0.5) is 0 Å². The minimum atomic E-state index is -0.307. The van der Waals surface area contributed by atoms with Gasteiger partial charge in [-0.2, -0.15) is 5.10 Å². The van der Waals surface area contributed by atoms with Crippen molar-refractivity contribution in [3.05, 3.63) is 102 Å². The number of amides is 1. The smallest absolute Gasteiger partial charge is 0.271 e. The average molecular weight is 401 g/mol. The molecule has 1 aromatic heterocycles. The highest BCUT2D eigenvalue weighted by Gasteiger charge is 2.05. The highest BCUT2D eigenvalue weighted by atomic mass is 16.5. The maximum absolute atomic E-state index is 12.0. The first-order chi connectivity index (χ1) is 14.8. The SMILES string of the molecule is C=CCc1ccccc1OCCOc1ccccc1C=NNC(=O)c1ccncc1. The lowest BCUT2D eigenvalue weighted by Crippen LogP contribution is -2.17. The predicted octanol–water partition coefficient (Wildman–Crippen LogP) is 4.03. The Morgan fingerprint density at radius 3 is 2.40 bits per heavy atom. The number of rotatable bonds is 10. The van der Waals surface area contributed by atoms with Crippen LogP contribution in [0.3, 0.4) is 0 Å². The number of pyridine rings is 1. The van der Waals surface area contributed by atoms with E-state index in [9.17, 15) is 4.79 Å². The lowest BCUT2D eigenvalue weighted by atomic mass is 10.1. The number of nitrogens with zero attached hydrogens (tertiary/aromatic N) is 2. The van der Waals surface area contributed by atoms with E-state index in [1.807, 2.05) is 54.6 Å². The maximum Gasteiger partial charge on any atom is 0.271 e. The summed E-state index contributed by atoms with van der Waals surface area (Å²) < 4.78 is 11.7. The van der Waals surface area contributed by atoms with Gasteiger partial charge < -0.3 is 9.47 Å². The van der Waals surface area contributed by atoms with Crippen molar-refractivity contribution in [1.29, 1.82) is 0 Å².